The molecule has 3 N–H and O–H groups in total. The second-order valence-electron chi connectivity index (χ2n) is 7.87. The summed E-state index contributed by atoms with van der Waals surface area (Å²) in [6.45, 7) is 3.20. The molecule has 2 aliphatic rings. The molecule has 31 heavy (non-hydrogen) atoms. The Hall–Kier alpha value is -2.77. The third-order valence-electron chi connectivity index (χ3n) is 5.61. The Morgan fingerprint density at radius 3 is 2.55 bits per heavy atom. The maximum absolute atomic E-state index is 12.2. The van der Waals surface area contributed by atoms with Gasteiger partial charge in [-0.3, -0.25) is 14.9 Å². The lowest BCUT2D eigenvalue weighted by atomic mass is 9.90. The summed E-state index contributed by atoms with van der Waals surface area (Å²) in [7, 11) is 0. The number of urea groups is 1. The van der Waals surface area contributed by atoms with Crippen molar-refractivity contribution >= 4 is 52.4 Å². The molecule has 0 bridgehead atoms. The molecule has 0 aliphatic carbocycles. The molecule has 2 aromatic rings. The standard InChI is InChI=1S/C22H22Cl2N4O3/c1-12-2-3-13(8-18(12)23)25-22(31)26-14-10-28(11-14)15-4-5-16(19(24)9-15)17-6-7-20(29)27-21(17)30/h2-5,8-9,14,17H,6-7,10-11H2,1H3,(H2,25,26,31)(H,27,29,30). The predicted octanol–water partition coefficient (Wildman–Crippen LogP) is 3.83. The Balaban J connectivity index is 1.31. The molecule has 0 saturated carbocycles. The van der Waals surface area contributed by atoms with E-state index in [1.165, 1.54) is 0 Å². The Labute approximate surface area is 190 Å². The van der Waals surface area contributed by atoms with E-state index in [4.69, 9.17) is 23.2 Å². The summed E-state index contributed by atoms with van der Waals surface area (Å²) in [5.41, 5.74) is 3.23. The Bertz CT molecular complexity index is 1050. The van der Waals surface area contributed by atoms with Crippen molar-refractivity contribution in [2.24, 2.45) is 0 Å². The van der Waals surface area contributed by atoms with Crippen LogP contribution in [0.15, 0.2) is 36.4 Å². The molecule has 2 aromatic carbocycles. The smallest absolute Gasteiger partial charge is 0.319 e. The summed E-state index contributed by atoms with van der Waals surface area (Å²) in [5, 5.41) is 9.18. The predicted molar refractivity (Wildman–Crippen MR) is 121 cm³/mol. The van der Waals surface area contributed by atoms with Gasteiger partial charge in [-0.25, -0.2) is 4.79 Å². The van der Waals surface area contributed by atoms with E-state index in [0.29, 0.717) is 41.7 Å². The van der Waals surface area contributed by atoms with E-state index in [9.17, 15) is 14.4 Å². The molecule has 2 aliphatic heterocycles. The van der Waals surface area contributed by atoms with Gasteiger partial charge in [0.15, 0.2) is 0 Å². The van der Waals surface area contributed by atoms with Crippen molar-refractivity contribution in [3.8, 4) is 0 Å². The van der Waals surface area contributed by atoms with Crippen LogP contribution in [0.25, 0.3) is 0 Å². The molecule has 0 radical (unpaired) electrons. The number of halogens is 2. The molecule has 0 spiro atoms. The number of benzene rings is 2. The highest BCUT2D eigenvalue weighted by molar-refractivity contribution is 6.32. The van der Waals surface area contributed by atoms with Crippen molar-refractivity contribution in [3.63, 3.8) is 0 Å². The van der Waals surface area contributed by atoms with Crippen molar-refractivity contribution in [2.45, 2.75) is 31.7 Å². The first-order valence-electron chi connectivity index (χ1n) is 10.0. The summed E-state index contributed by atoms with van der Waals surface area (Å²) >= 11 is 12.5. The van der Waals surface area contributed by atoms with Gasteiger partial charge >= 0.3 is 6.03 Å². The van der Waals surface area contributed by atoms with Crippen LogP contribution in [0.2, 0.25) is 10.0 Å². The number of nitrogens with zero attached hydrogens (tertiary/aromatic N) is 1. The lowest BCUT2D eigenvalue weighted by Crippen LogP contribution is -2.60. The average molecular weight is 461 g/mol. The quantitative estimate of drug-likeness (QED) is 0.604. The minimum Gasteiger partial charge on any atom is -0.367 e. The topological polar surface area (TPSA) is 90.5 Å². The number of piperidine rings is 1. The van der Waals surface area contributed by atoms with Crippen LogP contribution in [0.3, 0.4) is 0 Å². The molecule has 162 valence electrons. The van der Waals surface area contributed by atoms with Gasteiger partial charge in [0.2, 0.25) is 11.8 Å². The molecule has 9 heteroatoms. The van der Waals surface area contributed by atoms with Gasteiger partial charge in [0.05, 0.1) is 12.0 Å². The fourth-order valence-electron chi connectivity index (χ4n) is 3.79. The Morgan fingerprint density at radius 2 is 1.87 bits per heavy atom. The fourth-order valence-corrected chi connectivity index (χ4v) is 4.28. The number of hydrogen-bond donors (Lipinski definition) is 3. The summed E-state index contributed by atoms with van der Waals surface area (Å²) in [6.07, 6.45) is 0.769. The van der Waals surface area contributed by atoms with E-state index in [2.05, 4.69) is 20.9 Å². The zero-order chi connectivity index (χ0) is 22.1. The number of aryl methyl sites for hydroxylation is 1. The van der Waals surface area contributed by atoms with E-state index in [1.54, 1.807) is 12.1 Å². The van der Waals surface area contributed by atoms with Gasteiger partial charge in [-0.15, -0.1) is 0 Å². The van der Waals surface area contributed by atoms with E-state index < -0.39 is 5.92 Å². The highest BCUT2D eigenvalue weighted by Gasteiger charge is 2.31. The zero-order valence-electron chi connectivity index (χ0n) is 16.9. The number of amides is 4. The first-order chi connectivity index (χ1) is 14.8. The van der Waals surface area contributed by atoms with Crippen LogP contribution in [-0.4, -0.2) is 37.0 Å². The van der Waals surface area contributed by atoms with Crippen LogP contribution in [0.4, 0.5) is 16.2 Å². The van der Waals surface area contributed by atoms with Crippen molar-refractivity contribution < 1.29 is 14.4 Å². The van der Waals surface area contributed by atoms with E-state index >= 15 is 0 Å². The number of carbonyl (C=O) groups is 3. The van der Waals surface area contributed by atoms with Crippen molar-refractivity contribution in [2.75, 3.05) is 23.3 Å². The van der Waals surface area contributed by atoms with Gasteiger partial charge < -0.3 is 15.5 Å². The molecule has 2 fully saturated rings. The van der Waals surface area contributed by atoms with Gasteiger partial charge in [0, 0.05) is 40.9 Å². The largest absolute Gasteiger partial charge is 0.367 e. The molecule has 4 amide bonds. The lowest BCUT2D eigenvalue weighted by Gasteiger charge is -2.41. The van der Waals surface area contributed by atoms with Crippen molar-refractivity contribution in [1.82, 2.24) is 10.6 Å². The van der Waals surface area contributed by atoms with Crippen LogP contribution >= 0.6 is 23.2 Å². The number of anilines is 2. The van der Waals surface area contributed by atoms with E-state index in [-0.39, 0.29) is 23.9 Å². The van der Waals surface area contributed by atoms with Crippen LogP contribution < -0.4 is 20.9 Å². The van der Waals surface area contributed by atoms with Gasteiger partial charge in [-0.05, 0) is 48.7 Å². The van der Waals surface area contributed by atoms with Crippen LogP contribution in [0, 0.1) is 6.92 Å². The van der Waals surface area contributed by atoms with Crippen LogP contribution in [0.1, 0.15) is 29.9 Å². The SMILES string of the molecule is Cc1ccc(NC(=O)NC2CN(c3ccc(C4CCC(=O)NC4=O)c(Cl)c3)C2)cc1Cl. The summed E-state index contributed by atoms with van der Waals surface area (Å²) in [6, 6.07) is 10.7. The molecule has 1 unspecified atom stereocenters. The molecular formula is C22H22Cl2N4O3. The summed E-state index contributed by atoms with van der Waals surface area (Å²) < 4.78 is 0. The van der Waals surface area contributed by atoms with E-state index in [1.807, 2.05) is 31.2 Å². The maximum Gasteiger partial charge on any atom is 0.319 e. The van der Waals surface area contributed by atoms with Crippen LogP contribution in [-0.2, 0) is 9.59 Å². The Morgan fingerprint density at radius 1 is 1.10 bits per heavy atom. The first kappa shape index (κ1) is 21.5. The maximum atomic E-state index is 12.2. The summed E-state index contributed by atoms with van der Waals surface area (Å²) in [5.74, 6) is -0.966. The van der Waals surface area contributed by atoms with Gasteiger partial charge in [-0.2, -0.15) is 0 Å². The number of hydrogen-bond acceptors (Lipinski definition) is 4. The Kier molecular flexibility index (Phi) is 6.07. The highest BCUT2D eigenvalue weighted by atomic mass is 35.5. The third kappa shape index (κ3) is 4.78. The number of rotatable bonds is 4. The third-order valence-corrected chi connectivity index (χ3v) is 6.34. The summed E-state index contributed by atoms with van der Waals surface area (Å²) in [4.78, 5) is 37.8. The molecule has 4 rings (SSSR count). The number of carbonyl (C=O) groups excluding carboxylic acids is 3. The molecule has 2 saturated heterocycles. The second-order valence-corrected chi connectivity index (χ2v) is 8.69. The minimum atomic E-state index is -0.413. The molecule has 2 heterocycles. The normalized spacial score (nSPS) is 18.9. The monoisotopic (exact) mass is 460 g/mol. The van der Waals surface area contributed by atoms with Gasteiger partial charge in [-0.1, -0.05) is 35.3 Å². The highest BCUT2D eigenvalue weighted by Crippen LogP contribution is 2.34. The van der Waals surface area contributed by atoms with E-state index in [0.717, 1.165) is 16.8 Å². The number of nitrogens with one attached hydrogen (secondary N) is 3. The second kappa shape index (κ2) is 8.77. The van der Waals surface area contributed by atoms with Gasteiger partial charge in [0.1, 0.15) is 0 Å². The fraction of sp³-hybridized carbons (Fsp3) is 0.318. The van der Waals surface area contributed by atoms with Crippen molar-refractivity contribution in [3.05, 3.63) is 57.6 Å². The van der Waals surface area contributed by atoms with Crippen molar-refractivity contribution in [1.29, 1.82) is 0 Å². The van der Waals surface area contributed by atoms with Crippen LogP contribution in [0.5, 0.6) is 0 Å². The first-order valence-corrected chi connectivity index (χ1v) is 10.8. The molecule has 0 aromatic heterocycles. The molecular weight excluding hydrogens is 439 g/mol. The minimum absolute atomic E-state index is 0.00880. The zero-order valence-corrected chi connectivity index (χ0v) is 18.4. The average Bonchev–Trinajstić information content (AvgIpc) is 2.68. The molecule has 1 atom stereocenters. The molecule has 7 nitrogen and oxygen atoms in total. The lowest BCUT2D eigenvalue weighted by molar-refractivity contribution is -0.134. The number of imide groups is 1. The van der Waals surface area contributed by atoms with Gasteiger partial charge in [0.25, 0.3) is 0 Å².